The van der Waals surface area contributed by atoms with Crippen molar-refractivity contribution in [2.75, 3.05) is 12.4 Å². The summed E-state index contributed by atoms with van der Waals surface area (Å²) in [7, 11) is 1.63. The molecule has 0 fully saturated rings. The highest BCUT2D eigenvalue weighted by molar-refractivity contribution is 8.15. The van der Waals surface area contributed by atoms with Gasteiger partial charge in [-0.25, -0.2) is 5.01 Å². The standard InChI is InChI=1S/C29H27ClN4O3S/c1-17-4-7-19(8-5-17)24-15-25(20-9-12-22(37-3)13-10-20)34(33-24)29-32-28(36)26(38-29)16-27(35)31-21-11-6-18(2)23(30)14-21/h4-14,25-26H,15-16H2,1-3H3,(H,31,35). The molecule has 9 heteroatoms. The number of rotatable bonds is 6. The summed E-state index contributed by atoms with van der Waals surface area (Å²) in [5, 5.41) is 9.99. The number of anilines is 1. The van der Waals surface area contributed by atoms with Gasteiger partial charge < -0.3 is 10.1 Å². The summed E-state index contributed by atoms with van der Waals surface area (Å²) in [4.78, 5) is 29.9. The van der Waals surface area contributed by atoms with Crippen molar-refractivity contribution in [3.8, 4) is 5.75 Å². The Morgan fingerprint density at radius 2 is 1.84 bits per heavy atom. The number of hydrogen-bond donors (Lipinski definition) is 1. The van der Waals surface area contributed by atoms with Gasteiger partial charge in [0.2, 0.25) is 5.91 Å². The summed E-state index contributed by atoms with van der Waals surface area (Å²) in [5.74, 6) is 0.153. The molecule has 5 rings (SSSR count). The summed E-state index contributed by atoms with van der Waals surface area (Å²) < 4.78 is 5.32. The van der Waals surface area contributed by atoms with Gasteiger partial charge in [-0.05, 0) is 54.8 Å². The Morgan fingerprint density at radius 1 is 1.11 bits per heavy atom. The molecular weight excluding hydrogens is 520 g/mol. The fraction of sp³-hybridized carbons (Fsp3) is 0.241. The lowest BCUT2D eigenvalue weighted by atomic mass is 9.98. The third kappa shape index (κ3) is 5.61. The Bertz CT molecular complexity index is 1440. The van der Waals surface area contributed by atoms with Crippen LogP contribution in [-0.2, 0) is 9.59 Å². The average Bonchev–Trinajstić information content (AvgIpc) is 3.50. The predicted molar refractivity (Wildman–Crippen MR) is 153 cm³/mol. The van der Waals surface area contributed by atoms with Crippen LogP contribution in [0, 0.1) is 13.8 Å². The molecule has 0 bridgehead atoms. The van der Waals surface area contributed by atoms with Gasteiger partial charge in [0.05, 0.1) is 18.9 Å². The first kappa shape index (κ1) is 26.0. The summed E-state index contributed by atoms with van der Waals surface area (Å²) in [6.07, 6.45) is 0.653. The number of hydrazone groups is 1. The van der Waals surface area contributed by atoms with E-state index in [4.69, 9.17) is 21.4 Å². The van der Waals surface area contributed by atoms with E-state index in [1.54, 1.807) is 19.2 Å². The molecular formula is C29H27ClN4O3S. The van der Waals surface area contributed by atoms with E-state index in [1.165, 1.54) is 17.3 Å². The van der Waals surface area contributed by atoms with E-state index in [1.807, 2.05) is 49.2 Å². The van der Waals surface area contributed by atoms with E-state index in [0.717, 1.165) is 28.2 Å². The van der Waals surface area contributed by atoms with Gasteiger partial charge in [-0.2, -0.15) is 10.1 Å². The Labute approximate surface area is 230 Å². The normalized spacial score (nSPS) is 18.8. The van der Waals surface area contributed by atoms with E-state index in [9.17, 15) is 9.59 Å². The number of benzene rings is 3. The minimum absolute atomic E-state index is 0.00241. The van der Waals surface area contributed by atoms with Crippen LogP contribution in [0.3, 0.4) is 0 Å². The molecule has 3 aromatic rings. The van der Waals surface area contributed by atoms with Gasteiger partial charge in [-0.3, -0.25) is 9.59 Å². The van der Waals surface area contributed by atoms with Gasteiger partial charge >= 0.3 is 0 Å². The molecule has 0 saturated heterocycles. The fourth-order valence-corrected chi connectivity index (χ4v) is 5.59. The second kappa shape index (κ2) is 11.0. The largest absolute Gasteiger partial charge is 0.497 e. The number of methoxy groups -OCH3 is 1. The molecule has 38 heavy (non-hydrogen) atoms. The molecule has 2 unspecified atom stereocenters. The Hall–Kier alpha value is -3.62. The molecule has 0 aromatic heterocycles. The molecule has 2 aliphatic rings. The van der Waals surface area contributed by atoms with Crippen LogP contribution < -0.4 is 10.1 Å². The highest BCUT2D eigenvalue weighted by Gasteiger charge is 2.39. The minimum Gasteiger partial charge on any atom is -0.497 e. The molecule has 194 valence electrons. The Kier molecular flexibility index (Phi) is 7.53. The van der Waals surface area contributed by atoms with E-state index < -0.39 is 5.25 Å². The maximum Gasteiger partial charge on any atom is 0.262 e. The summed E-state index contributed by atoms with van der Waals surface area (Å²) >= 11 is 7.45. The number of aryl methyl sites for hydroxylation is 2. The molecule has 0 spiro atoms. The lowest BCUT2D eigenvalue weighted by Crippen LogP contribution is -2.25. The van der Waals surface area contributed by atoms with Crippen molar-refractivity contribution in [3.05, 3.63) is 94.0 Å². The highest BCUT2D eigenvalue weighted by Crippen LogP contribution is 2.39. The number of ether oxygens (including phenoxy) is 1. The quantitative estimate of drug-likeness (QED) is 0.401. The van der Waals surface area contributed by atoms with Crippen LogP contribution in [0.25, 0.3) is 0 Å². The SMILES string of the molecule is COc1ccc(C2CC(c3ccc(C)cc3)=NN2C2=NC(=O)C(CC(=O)Nc3ccc(C)c(Cl)c3)S2)cc1. The number of halogens is 1. The number of hydrogen-bond acceptors (Lipinski definition) is 6. The van der Waals surface area contributed by atoms with Crippen molar-refractivity contribution >= 4 is 51.7 Å². The number of amides is 2. The second-order valence-electron chi connectivity index (χ2n) is 9.31. The molecule has 1 N–H and O–H groups in total. The van der Waals surface area contributed by atoms with Crippen molar-refractivity contribution in [2.24, 2.45) is 10.1 Å². The number of amidine groups is 1. The lowest BCUT2D eigenvalue weighted by Gasteiger charge is -2.23. The van der Waals surface area contributed by atoms with Crippen molar-refractivity contribution < 1.29 is 14.3 Å². The molecule has 0 radical (unpaired) electrons. The van der Waals surface area contributed by atoms with Gasteiger partial charge in [0, 0.05) is 23.6 Å². The molecule has 2 heterocycles. The molecule has 2 atom stereocenters. The van der Waals surface area contributed by atoms with Crippen LogP contribution in [-0.4, -0.2) is 40.1 Å². The zero-order valence-electron chi connectivity index (χ0n) is 21.3. The average molecular weight is 547 g/mol. The van der Waals surface area contributed by atoms with Gasteiger partial charge in [-0.1, -0.05) is 71.4 Å². The van der Waals surface area contributed by atoms with Crippen LogP contribution in [0.2, 0.25) is 5.02 Å². The van der Waals surface area contributed by atoms with E-state index >= 15 is 0 Å². The molecule has 3 aromatic carbocycles. The number of carbonyl (C=O) groups is 2. The summed E-state index contributed by atoms with van der Waals surface area (Å²) in [6.45, 7) is 3.94. The maximum atomic E-state index is 12.8. The molecule has 2 amide bonds. The predicted octanol–water partition coefficient (Wildman–Crippen LogP) is 6.14. The number of thioether (sulfide) groups is 1. The van der Waals surface area contributed by atoms with Crippen molar-refractivity contribution in [2.45, 2.75) is 38.0 Å². The van der Waals surface area contributed by atoms with Crippen molar-refractivity contribution in [1.82, 2.24) is 5.01 Å². The summed E-state index contributed by atoms with van der Waals surface area (Å²) in [5.41, 5.74) is 5.66. The summed E-state index contributed by atoms with van der Waals surface area (Å²) in [6, 6.07) is 21.3. The number of carbonyl (C=O) groups excluding carboxylic acids is 2. The minimum atomic E-state index is -0.624. The number of aliphatic imine (C=N–C) groups is 1. The zero-order valence-corrected chi connectivity index (χ0v) is 22.8. The van der Waals surface area contributed by atoms with Crippen molar-refractivity contribution in [3.63, 3.8) is 0 Å². The van der Waals surface area contributed by atoms with Gasteiger partial charge in [0.25, 0.3) is 5.91 Å². The topological polar surface area (TPSA) is 83.4 Å². The van der Waals surface area contributed by atoms with Crippen LogP contribution in [0.1, 0.15) is 41.1 Å². The molecule has 0 aliphatic carbocycles. The Balaban J connectivity index is 1.34. The van der Waals surface area contributed by atoms with Gasteiger partial charge in [0.1, 0.15) is 11.0 Å². The van der Waals surface area contributed by atoms with Crippen LogP contribution in [0.15, 0.2) is 76.8 Å². The van der Waals surface area contributed by atoms with Crippen LogP contribution >= 0.6 is 23.4 Å². The van der Waals surface area contributed by atoms with Crippen LogP contribution in [0.5, 0.6) is 5.75 Å². The Morgan fingerprint density at radius 3 is 2.53 bits per heavy atom. The first-order valence-electron chi connectivity index (χ1n) is 12.2. The van der Waals surface area contributed by atoms with Gasteiger partial charge in [0.15, 0.2) is 5.17 Å². The van der Waals surface area contributed by atoms with Crippen molar-refractivity contribution in [1.29, 1.82) is 0 Å². The first-order chi connectivity index (χ1) is 18.3. The third-order valence-electron chi connectivity index (χ3n) is 6.55. The second-order valence-corrected chi connectivity index (χ2v) is 10.9. The van der Waals surface area contributed by atoms with E-state index in [0.29, 0.717) is 22.3 Å². The fourth-order valence-electron chi connectivity index (χ4n) is 4.35. The zero-order chi connectivity index (χ0) is 26.8. The number of nitrogens with one attached hydrogen (secondary N) is 1. The molecule has 2 aliphatic heterocycles. The highest BCUT2D eigenvalue weighted by atomic mass is 35.5. The van der Waals surface area contributed by atoms with Crippen LogP contribution in [0.4, 0.5) is 5.69 Å². The lowest BCUT2D eigenvalue weighted by molar-refractivity contribution is -0.121. The maximum absolute atomic E-state index is 12.8. The molecule has 0 saturated carbocycles. The van der Waals surface area contributed by atoms with E-state index in [-0.39, 0.29) is 24.3 Å². The number of nitrogens with zero attached hydrogens (tertiary/aromatic N) is 3. The van der Waals surface area contributed by atoms with E-state index in [2.05, 4.69) is 34.6 Å². The van der Waals surface area contributed by atoms with Gasteiger partial charge in [-0.15, -0.1) is 0 Å². The third-order valence-corrected chi connectivity index (χ3v) is 8.10. The smallest absolute Gasteiger partial charge is 0.262 e. The first-order valence-corrected chi connectivity index (χ1v) is 13.5. The molecule has 7 nitrogen and oxygen atoms in total. The monoisotopic (exact) mass is 546 g/mol.